The van der Waals surface area contributed by atoms with Crippen molar-refractivity contribution >= 4 is 35.6 Å². The third-order valence-corrected chi connectivity index (χ3v) is 4.65. The van der Waals surface area contributed by atoms with Gasteiger partial charge in [0.05, 0.1) is 6.54 Å². The van der Waals surface area contributed by atoms with Crippen molar-refractivity contribution in [1.82, 2.24) is 4.90 Å². The molecule has 0 saturated carbocycles. The summed E-state index contributed by atoms with van der Waals surface area (Å²) in [4.78, 5) is 7.16. The summed E-state index contributed by atoms with van der Waals surface area (Å²) >= 11 is 0. The van der Waals surface area contributed by atoms with E-state index >= 15 is 0 Å². The van der Waals surface area contributed by atoms with Gasteiger partial charge in [0.15, 0.2) is 5.96 Å². The summed E-state index contributed by atoms with van der Waals surface area (Å²) < 4.78 is 0. The summed E-state index contributed by atoms with van der Waals surface area (Å²) in [5, 5.41) is 3.23. The van der Waals surface area contributed by atoms with Gasteiger partial charge in [-0.2, -0.15) is 0 Å². The van der Waals surface area contributed by atoms with E-state index < -0.39 is 0 Å². The van der Waals surface area contributed by atoms with Crippen LogP contribution in [0, 0.1) is 5.92 Å². The molecule has 1 aromatic carbocycles. The minimum Gasteiger partial charge on any atom is -0.370 e. The summed E-state index contributed by atoms with van der Waals surface area (Å²) in [6, 6.07) is 8.87. The van der Waals surface area contributed by atoms with Gasteiger partial charge in [0.1, 0.15) is 0 Å². The highest BCUT2D eigenvalue weighted by molar-refractivity contribution is 14.0. The molecule has 24 heavy (non-hydrogen) atoms. The number of guanidine groups is 1. The van der Waals surface area contributed by atoms with E-state index in [0.29, 0.717) is 23.8 Å². The van der Waals surface area contributed by atoms with Gasteiger partial charge in [-0.15, -0.1) is 24.0 Å². The first-order valence-electron chi connectivity index (χ1n) is 8.88. The topological polar surface area (TPSA) is 53.6 Å². The summed E-state index contributed by atoms with van der Waals surface area (Å²) in [5.74, 6) is 1.61. The number of halogens is 1. The zero-order chi connectivity index (χ0) is 16.8. The molecule has 1 aliphatic rings. The minimum atomic E-state index is 0. The monoisotopic (exact) mass is 444 g/mol. The number of aliphatic imine (C=N–C) groups is 1. The molecule has 2 rings (SSSR count). The molecule has 0 amide bonds. The third kappa shape index (κ3) is 6.24. The van der Waals surface area contributed by atoms with Gasteiger partial charge < -0.3 is 11.1 Å². The fraction of sp³-hybridized carbons (Fsp3) is 0.632. The van der Waals surface area contributed by atoms with E-state index in [1.54, 1.807) is 0 Å². The molecule has 0 radical (unpaired) electrons. The van der Waals surface area contributed by atoms with Crippen molar-refractivity contribution < 1.29 is 0 Å². The van der Waals surface area contributed by atoms with Gasteiger partial charge in [-0.05, 0) is 55.5 Å². The van der Waals surface area contributed by atoms with Crippen molar-refractivity contribution in [2.75, 3.05) is 25.0 Å². The fourth-order valence-corrected chi connectivity index (χ4v) is 3.18. The lowest BCUT2D eigenvalue weighted by atomic mass is 10.0. The zero-order valence-corrected chi connectivity index (χ0v) is 17.8. The Morgan fingerprint density at radius 1 is 1.21 bits per heavy atom. The van der Waals surface area contributed by atoms with Crippen LogP contribution in [0.3, 0.4) is 0 Å². The van der Waals surface area contributed by atoms with Crippen LogP contribution in [0.15, 0.2) is 29.3 Å². The smallest absolute Gasteiger partial charge is 0.193 e. The second-order valence-corrected chi connectivity index (χ2v) is 7.19. The highest BCUT2D eigenvalue weighted by Gasteiger charge is 2.24. The maximum atomic E-state index is 6.10. The normalized spacial score (nSPS) is 17.2. The van der Waals surface area contributed by atoms with Crippen molar-refractivity contribution in [2.24, 2.45) is 16.6 Å². The molecular formula is C19H33IN4. The van der Waals surface area contributed by atoms with E-state index in [-0.39, 0.29) is 24.0 Å². The van der Waals surface area contributed by atoms with E-state index in [0.717, 1.165) is 12.2 Å². The van der Waals surface area contributed by atoms with Crippen molar-refractivity contribution in [2.45, 2.75) is 52.5 Å². The first-order valence-corrected chi connectivity index (χ1v) is 8.88. The number of rotatable bonds is 6. The lowest BCUT2D eigenvalue weighted by Crippen LogP contribution is -2.40. The molecule has 1 saturated heterocycles. The molecule has 0 aromatic heterocycles. The maximum absolute atomic E-state index is 6.10. The van der Waals surface area contributed by atoms with E-state index in [9.17, 15) is 0 Å². The average molecular weight is 444 g/mol. The molecule has 1 atom stereocenters. The molecule has 0 bridgehead atoms. The Balaban J connectivity index is 0.00000288. The maximum Gasteiger partial charge on any atom is 0.193 e. The van der Waals surface area contributed by atoms with Crippen LogP contribution < -0.4 is 11.1 Å². The molecule has 5 heteroatoms. The Labute approximate surface area is 164 Å². The Morgan fingerprint density at radius 3 is 2.46 bits per heavy atom. The summed E-state index contributed by atoms with van der Waals surface area (Å²) in [6.45, 7) is 12.1. The van der Waals surface area contributed by atoms with Gasteiger partial charge in [0.2, 0.25) is 0 Å². The Hall–Kier alpha value is -0.820. The summed E-state index contributed by atoms with van der Waals surface area (Å²) in [5.41, 5.74) is 8.42. The lowest BCUT2D eigenvalue weighted by Gasteiger charge is -2.29. The number of nitrogens with two attached hydrogens (primary N) is 1. The van der Waals surface area contributed by atoms with Gasteiger partial charge in [0.25, 0.3) is 0 Å². The Bertz CT molecular complexity index is 522. The van der Waals surface area contributed by atoms with Gasteiger partial charge in [0, 0.05) is 11.7 Å². The van der Waals surface area contributed by atoms with Crippen LogP contribution in [0.5, 0.6) is 0 Å². The largest absolute Gasteiger partial charge is 0.370 e. The highest BCUT2D eigenvalue weighted by Crippen LogP contribution is 2.19. The molecule has 1 unspecified atom stereocenters. The molecule has 1 aromatic rings. The number of nitrogens with one attached hydrogen (secondary N) is 1. The predicted octanol–water partition coefficient (Wildman–Crippen LogP) is 4.28. The van der Waals surface area contributed by atoms with E-state index in [1.807, 2.05) is 6.07 Å². The number of benzene rings is 1. The second-order valence-electron chi connectivity index (χ2n) is 7.19. The fourth-order valence-electron chi connectivity index (χ4n) is 3.18. The third-order valence-electron chi connectivity index (χ3n) is 4.65. The number of likely N-dealkylation sites (tertiary alicyclic amines) is 1. The summed E-state index contributed by atoms with van der Waals surface area (Å²) in [7, 11) is 0. The molecule has 1 fully saturated rings. The standard InChI is InChI=1S/C19H32N4.HI/c1-14(2)16-8-7-9-17(12-16)22-19(20)21-13-18(15(3)4)23-10-5-6-11-23;/h7-9,12,14-15,18H,5-6,10-11,13H2,1-4H3,(H3,20,21,22);1H. The molecule has 136 valence electrons. The number of anilines is 1. The van der Waals surface area contributed by atoms with Gasteiger partial charge >= 0.3 is 0 Å². The SMILES string of the molecule is CC(C)c1cccc(NC(N)=NCC(C(C)C)N2CCCC2)c1.I. The van der Waals surface area contributed by atoms with Crippen LogP contribution in [0.1, 0.15) is 52.0 Å². The predicted molar refractivity (Wildman–Crippen MR) is 115 cm³/mol. The Morgan fingerprint density at radius 2 is 1.88 bits per heavy atom. The van der Waals surface area contributed by atoms with Gasteiger partial charge in [-0.3, -0.25) is 9.89 Å². The van der Waals surface area contributed by atoms with Crippen molar-refractivity contribution in [3.05, 3.63) is 29.8 Å². The van der Waals surface area contributed by atoms with Crippen molar-refractivity contribution in [3.63, 3.8) is 0 Å². The van der Waals surface area contributed by atoms with Crippen LogP contribution in [0.2, 0.25) is 0 Å². The molecule has 1 heterocycles. The van der Waals surface area contributed by atoms with Crippen LogP contribution in [-0.2, 0) is 0 Å². The lowest BCUT2D eigenvalue weighted by molar-refractivity contribution is 0.198. The number of hydrogen-bond donors (Lipinski definition) is 2. The van der Waals surface area contributed by atoms with Crippen LogP contribution >= 0.6 is 24.0 Å². The van der Waals surface area contributed by atoms with Gasteiger partial charge in [-0.1, -0.05) is 39.8 Å². The number of nitrogens with zero attached hydrogens (tertiary/aromatic N) is 2. The van der Waals surface area contributed by atoms with E-state index in [1.165, 1.54) is 31.5 Å². The zero-order valence-electron chi connectivity index (χ0n) is 15.5. The first-order chi connectivity index (χ1) is 11.0. The van der Waals surface area contributed by atoms with E-state index in [4.69, 9.17) is 5.73 Å². The molecule has 4 nitrogen and oxygen atoms in total. The quantitative estimate of drug-likeness (QED) is 0.391. The van der Waals surface area contributed by atoms with Gasteiger partial charge in [-0.25, -0.2) is 0 Å². The van der Waals surface area contributed by atoms with Crippen LogP contribution in [0.25, 0.3) is 0 Å². The average Bonchev–Trinajstić information content (AvgIpc) is 3.01. The highest BCUT2D eigenvalue weighted by atomic mass is 127. The molecule has 0 aliphatic carbocycles. The van der Waals surface area contributed by atoms with Crippen LogP contribution in [0.4, 0.5) is 5.69 Å². The Kier molecular flexibility index (Phi) is 9.05. The molecule has 0 spiro atoms. The second kappa shape index (κ2) is 10.2. The number of hydrogen-bond acceptors (Lipinski definition) is 2. The summed E-state index contributed by atoms with van der Waals surface area (Å²) in [6.07, 6.45) is 2.62. The van der Waals surface area contributed by atoms with E-state index in [2.05, 4.69) is 61.1 Å². The van der Waals surface area contributed by atoms with Crippen molar-refractivity contribution in [3.8, 4) is 0 Å². The molecular weight excluding hydrogens is 411 g/mol. The first kappa shape index (κ1) is 21.2. The van der Waals surface area contributed by atoms with Crippen LogP contribution in [-0.4, -0.2) is 36.5 Å². The van der Waals surface area contributed by atoms with Crippen molar-refractivity contribution in [1.29, 1.82) is 0 Å². The molecule has 3 N–H and O–H groups in total. The molecule has 1 aliphatic heterocycles. The minimum absolute atomic E-state index is 0.